The number of aromatic hydroxyl groups is 2. The van der Waals surface area contributed by atoms with E-state index in [1.165, 1.54) is 44.6 Å². The molecule has 28 nitrogen and oxygen atoms in total. The zero-order chi connectivity index (χ0) is 77.2. The maximum absolute atomic E-state index is 11.9. The standard InChI is InChI=1S/C18H26O5.C16H30O8.C10H19BrO3.C8H8O3.C8H18O2.C6H12O6.C2H2Br2O/c1-5-15(11-13(3)22-6-2)23-18(20)10-8-14-7-9-16(19)17(12-14)21-4;1-4-11(8-10(3)23-5-2)24-14(20)7-6-12(18)15(21)16(22)13(19)9-17;1-4-9(13-5-2)6-8(3)14-10(12)7-11;1-11-8-4-6(5-9)2-3-7(8)10;1-4-8(10-5-2)6-7(3)9;7-1-3(9)5(11)6(12)4(10)2-8;3-1-2(4)5/h7-10,12-13,15,19H,5-6,11H2,1-4H3;6-7,10-13,15-19,21-22H,4-5,8-9H2,1-3H3;8-9H,4-7H2,1-3H3;2-5,10H,1H3;7-9H,4-6H2,1-3H3;1,3-6,8-12H,2H2;1H2/b10-8+;7-6+;;;;;. The number of aliphatic hydroxyl groups is 11. The molecule has 0 aliphatic rings. The van der Waals surface area contributed by atoms with E-state index in [2.05, 4.69) is 61.6 Å². The highest BCUT2D eigenvalue weighted by Gasteiger charge is 2.30. The van der Waals surface area contributed by atoms with Crippen molar-refractivity contribution in [2.24, 2.45) is 0 Å². The Hall–Kier alpha value is -4.62. The minimum Gasteiger partial charge on any atom is -0.504 e. The number of methoxy groups -OCH3 is 2. The predicted molar refractivity (Wildman–Crippen MR) is 382 cm³/mol. The van der Waals surface area contributed by atoms with Gasteiger partial charge in [0.05, 0.1) is 63.3 Å². The Labute approximate surface area is 608 Å². The third-order valence-corrected chi connectivity index (χ3v) is 15.1. The number of rotatable bonds is 41. The van der Waals surface area contributed by atoms with E-state index in [1.807, 2.05) is 62.3 Å². The molecule has 0 aliphatic heterocycles. The zero-order valence-electron chi connectivity index (χ0n) is 59.6. The molecule has 2 rings (SSSR count). The number of hydrogen-bond acceptors (Lipinski definition) is 28. The normalized spacial score (nSPS) is 15.7. The van der Waals surface area contributed by atoms with Gasteiger partial charge in [-0.25, -0.2) is 9.59 Å². The highest BCUT2D eigenvalue weighted by Crippen LogP contribution is 2.27. The number of phenols is 2. The van der Waals surface area contributed by atoms with Crippen LogP contribution in [0.15, 0.2) is 54.6 Å². The molecule has 31 heteroatoms. The second-order valence-electron chi connectivity index (χ2n) is 21.4. The van der Waals surface area contributed by atoms with Crippen molar-refractivity contribution >= 4 is 89.0 Å². The van der Waals surface area contributed by atoms with Crippen molar-refractivity contribution in [3.8, 4) is 23.0 Å². The van der Waals surface area contributed by atoms with Crippen molar-refractivity contribution < 1.29 is 138 Å². The molecule has 0 saturated carbocycles. The molecule has 16 atom stereocenters. The number of aldehydes is 2. The first kappa shape index (κ1) is 103. The number of carbonyl (C=O) groups excluding carboxylic acids is 6. The average molecular weight is 1620 g/mol. The fourth-order valence-corrected chi connectivity index (χ4v) is 7.99. The van der Waals surface area contributed by atoms with Gasteiger partial charge in [-0.05, 0) is 151 Å². The van der Waals surface area contributed by atoms with E-state index in [0.29, 0.717) is 67.8 Å². The average Bonchev–Trinajstić information content (AvgIpc) is 1.00. The van der Waals surface area contributed by atoms with Crippen LogP contribution in [0.25, 0.3) is 6.08 Å². The van der Waals surface area contributed by atoms with E-state index in [0.717, 1.165) is 56.4 Å². The van der Waals surface area contributed by atoms with Crippen molar-refractivity contribution in [1.29, 1.82) is 0 Å². The lowest BCUT2D eigenvalue weighted by molar-refractivity contribution is -0.147. The van der Waals surface area contributed by atoms with Crippen LogP contribution in [0.1, 0.15) is 150 Å². The maximum Gasteiger partial charge on any atom is 0.331 e. The van der Waals surface area contributed by atoms with Crippen molar-refractivity contribution in [2.45, 2.75) is 232 Å². The summed E-state index contributed by atoms with van der Waals surface area (Å²) in [4.78, 5) is 64.4. The van der Waals surface area contributed by atoms with Gasteiger partial charge in [-0.1, -0.05) is 65.6 Å². The molecule has 99 heavy (non-hydrogen) atoms. The lowest BCUT2D eigenvalue weighted by Gasteiger charge is -2.24. The highest BCUT2D eigenvalue weighted by atomic mass is 79.9. The van der Waals surface area contributed by atoms with Crippen molar-refractivity contribution in [2.75, 3.05) is 64.5 Å². The van der Waals surface area contributed by atoms with E-state index in [-0.39, 0.29) is 82.6 Å². The van der Waals surface area contributed by atoms with Gasteiger partial charge in [-0.15, -0.1) is 0 Å². The summed E-state index contributed by atoms with van der Waals surface area (Å²) in [6, 6.07) is 9.27. The SMILES string of the molecule is CCOC(C)CC(CC)OC(=O)/C=C/C(O)C(O)C(O)C(O)CO.CCOC(C)CC(CC)OC(=O)/C=C/c1ccc(O)c(OC)c1.CCOC(CC)CC(C)O.CCOC(CC)CC(C)OC(=O)CBr.COc1cc(C=O)ccc1O.O=C(Br)CBr.O=CC(O)C(O)C(O)C(O)CO. The predicted octanol–water partition coefficient (Wildman–Crippen LogP) is 5.89. The van der Waals surface area contributed by atoms with Crippen LogP contribution in [0.2, 0.25) is 0 Å². The smallest absolute Gasteiger partial charge is 0.331 e. The van der Waals surface area contributed by atoms with Gasteiger partial charge < -0.3 is 114 Å². The lowest BCUT2D eigenvalue weighted by Crippen LogP contribution is -2.46. The first-order chi connectivity index (χ1) is 46.7. The van der Waals surface area contributed by atoms with Gasteiger partial charge in [0, 0.05) is 63.4 Å². The molecule has 0 spiro atoms. The van der Waals surface area contributed by atoms with Crippen LogP contribution in [0.3, 0.4) is 0 Å². The maximum atomic E-state index is 11.9. The van der Waals surface area contributed by atoms with Gasteiger partial charge in [-0.3, -0.25) is 14.4 Å². The van der Waals surface area contributed by atoms with Crippen LogP contribution in [-0.2, 0) is 57.1 Å². The summed E-state index contributed by atoms with van der Waals surface area (Å²) in [6.07, 6.45) is -2.31. The Bertz CT molecular complexity index is 2420. The minimum absolute atomic E-state index is 0.0162. The molecule has 16 unspecified atom stereocenters. The second-order valence-corrected chi connectivity index (χ2v) is 23.4. The third-order valence-electron chi connectivity index (χ3n) is 13.1. The van der Waals surface area contributed by atoms with Crippen LogP contribution >= 0.6 is 47.8 Å². The molecule has 0 fully saturated rings. The van der Waals surface area contributed by atoms with Gasteiger partial charge >= 0.3 is 17.9 Å². The van der Waals surface area contributed by atoms with Gasteiger partial charge in [0.1, 0.15) is 78.8 Å². The van der Waals surface area contributed by atoms with E-state index in [1.54, 1.807) is 25.1 Å². The topological polar surface area (TPSA) is 448 Å². The third kappa shape index (κ3) is 54.7. The van der Waals surface area contributed by atoms with Gasteiger partial charge in [0.2, 0.25) is 4.69 Å². The van der Waals surface area contributed by atoms with Crippen LogP contribution < -0.4 is 9.47 Å². The quantitative estimate of drug-likeness (QED) is 0.00921. The molecule has 0 radical (unpaired) electrons. The van der Waals surface area contributed by atoms with Gasteiger partial charge in [0.15, 0.2) is 29.3 Å². The molecule has 0 saturated heterocycles. The molecule has 0 aliphatic carbocycles. The second kappa shape index (κ2) is 65.4. The lowest BCUT2D eigenvalue weighted by atomic mass is 10.0. The summed E-state index contributed by atoms with van der Waals surface area (Å²) >= 11 is 8.66. The molecule has 0 aromatic heterocycles. The Morgan fingerprint density at radius 2 is 0.859 bits per heavy atom. The van der Waals surface area contributed by atoms with E-state index in [9.17, 15) is 54.3 Å². The van der Waals surface area contributed by atoms with Crippen LogP contribution in [0, 0.1) is 0 Å². The Morgan fingerprint density at radius 1 is 0.485 bits per heavy atom. The number of aliphatic hydroxyl groups excluding tert-OH is 11. The summed E-state index contributed by atoms with van der Waals surface area (Å²) in [7, 11) is 2.91. The Balaban J connectivity index is -0.000000363. The van der Waals surface area contributed by atoms with E-state index >= 15 is 0 Å². The van der Waals surface area contributed by atoms with Gasteiger partial charge in [-0.2, -0.15) is 0 Å². The van der Waals surface area contributed by atoms with Crippen LogP contribution in [0.5, 0.6) is 23.0 Å². The van der Waals surface area contributed by atoms with Crippen LogP contribution in [0.4, 0.5) is 0 Å². The Morgan fingerprint density at radius 3 is 1.20 bits per heavy atom. The molecular formula is C68H115Br3O28. The number of esters is 3. The minimum atomic E-state index is -1.79. The summed E-state index contributed by atoms with van der Waals surface area (Å²) in [6.45, 7) is 24.4. The number of phenolic OH excluding ortho intramolecular Hbond substituents is 2. The first-order valence-electron chi connectivity index (χ1n) is 32.4. The largest absolute Gasteiger partial charge is 0.504 e. The molecule has 2 aromatic carbocycles. The molecule has 2 aromatic rings. The summed E-state index contributed by atoms with van der Waals surface area (Å²) in [5.41, 5.74) is 1.23. The number of halogens is 3. The van der Waals surface area contributed by atoms with Gasteiger partial charge in [0.25, 0.3) is 0 Å². The number of hydrogen-bond donors (Lipinski definition) is 13. The fraction of sp³-hybridized carbons (Fsp3) is 0.676. The molecule has 0 amide bonds. The van der Waals surface area contributed by atoms with Crippen molar-refractivity contribution in [1.82, 2.24) is 0 Å². The summed E-state index contributed by atoms with van der Waals surface area (Å²) in [5.74, 6) is -0.543. The molecule has 0 bridgehead atoms. The molecule has 576 valence electrons. The van der Waals surface area contributed by atoms with Crippen molar-refractivity contribution in [3.63, 3.8) is 0 Å². The number of carbonyl (C=O) groups is 6. The monoisotopic (exact) mass is 1620 g/mol. The summed E-state index contributed by atoms with van der Waals surface area (Å²) < 4.78 is 47.2. The highest BCUT2D eigenvalue weighted by molar-refractivity contribution is 9.19. The fourth-order valence-electron chi connectivity index (χ4n) is 7.86. The molecule has 0 heterocycles. The van der Waals surface area contributed by atoms with Crippen LogP contribution in [-0.4, -0.2) is 264 Å². The molecular weight excluding hydrogens is 1500 g/mol. The first-order valence-corrected chi connectivity index (χ1v) is 35.4. The van der Waals surface area contributed by atoms with E-state index < -0.39 is 74.0 Å². The van der Waals surface area contributed by atoms with Crippen molar-refractivity contribution in [3.05, 3.63) is 65.8 Å². The summed E-state index contributed by atoms with van der Waals surface area (Å²) in [5, 5.41) is 118. The zero-order valence-corrected chi connectivity index (χ0v) is 64.3. The number of ether oxygens (including phenoxy) is 9. The number of benzene rings is 2. The molecule has 13 N–H and O–H groups in total. The number of alkyl halides is 2. The van der Waals surface area contributed by atoms with E-state index in [4.69, 9.17) is 83.5 Å². The Kier molecular flexibility index (Phi) is 68.1.